The van der Waals surface area contributed by atoms with Crippen LogP contribution in [0.5, 0.6) is 5.75 Å². The van der Waals surface area contributed by atoms with E-state index >= 15 is 0 Å². The summed E-state index contributed by atoms with van der Waals surface area (Å²) in [7, 11) is 1.54. The molecule has 1 amide bonds. The molecule has 1 N–H and O–H groups in total. The number of aryl methyl sites for hydroxylation is 1. The van der Waals surface area contributed by atoms with E-state index in [1.165, 1.54) is 4.90 Å². The first-order valence-electron chi connectivity index (χ1n) is 9.05. The minimum atomic E-state index is -0.893. The number of halogens is 1. The Morgan fingerprint density at radius 2 is 1.80 bits per heavy atom. The van der Waals surface area contributed by atoms with E-state index < -0.39 is 17.7 Å². The zero-order valence-corrected chi connectivity index (χ0v) is 16.9. The fourth-order valence-corrected chi connectivity index (χ4v) is 3.53. The van der Waals surface area contributed by atoms with Gasteiger partial charge >= 0.3 is 5.91 Å². The van der Waals surface area contributed by atoms with Crippen LogP contribution in [-0.4, -0.2) is 29.1 Å². The van der Waals surface area contributed by atoms with E-state index in [2.05, 4.69) is 5.16 Å². The van der Waals surface area contributed by atoms with Gasteiger partial charge in [0.2, 0.25) is 0 Å². The maximum Gasteiger partial charge on any atom is 0.301 e. The number of hydrogen-bond acceptors (Lipinski definition) is 6. The topological polar surface area (TPSA) is 92.9 Å². The molecule has 0 saturated carbocycles. The summed E-state index contributed by atoms with van der Waals surface area (Å²) >= 11 is 5.93. The van der Waals surface area contributed by atoms with Crippen molar-refractivity contribution >= 4 is 34.9 Å². The minimum Gasteiger partial charge on any atom is -0.507 e. The number of benzene rings is 2. The predicted molar refractivity (Wildman–Crippen MR) is 110 cm³/mol. The molecule has 1 saturated heterocycles. The predicted octanol–water partition coefficient (Wildman–Crippen LogP) is 4.27. The molecule has 1 unspecified atom stereocenters. The van der Waals surface area contributed by atoms with Crippen LogP contribution in [0.15, 0.2) is 64.7 Å². The van der Waals surface area contributed by atoms with Crippen LogP contribution >= 0.6 is 11.6 Å². The Hall–Kier alpha value is -3.58. The lowest BCUT2D eigenvalue weighted by atomic mass is 9.95. The van der Waals surface area contributed by atoms with E-state index in [9.17, 15) is 14.7 Å². The Balaban J connectivity index is 1.92. The average Bonchev–Trinajstić information content (AvgIpc) is 3.29. The Bertz CT molecular complexity index is 1150. The lowest BCUT2D eigenvalue weighted by molar-refractivity contribution is -0.132. The summed E-state index contributed by atoms with van der Waals surface area (Å²) in [6.07, 6.45) is 0. The number of carbonyl (C=O) groups is 2. The van der Waals surface area contributed by atoms with Gasteiger partial charge in [0, 0.05) is 16.7 Å². The molecule has 7 nitrogen and oxygen atoms in total. The number of methoxy groups -OCH3 is 1. The number of Topliss-reactive ketones (excluding diaryl/α,β-unsaturated/α-hetero) is 1. The Morgan fingerprint density at radius 3 is 2.37 bits per heavy atom. The molecule has 0 radical (unpaired) electrons. The number of rotatable bonds is 4. The summed E-state index contributed by atoms with van der Waals surface area (Å²) in [4.78, 5) is 27.1. The number of hydrogen-bond donors (Lipinski definition) is 1. The van der Waals surface area contributed by atoms with Gasteiger partial charge in [-0.3, -0.25) is 14.5 Å². The Morgan fingerprint density at radius 1 is 1.13 bits per heavy atom. The lowest BCUT2D eigenvalue weighted by Gasteiger charge is -2.23. The smallest absolute Gasteiger partial charge is 0.301 e. The van der Waals surface area contributed by atoms with Crippen LogP contribution in [0.3, 0.4) is 0 Å². The Kier molecular flexibility index (Phi) is 5.05. The van der Waals surface area contributed by atoms with Crippen LogP contribution < -0.4 is 9.64 Å². The number of amides is 1. The van der Waals surface area contributed by atoms with Gasteiger partial charge in [-0.15, -0.1) is 0 Å². The van der Waals surface area contributed by atoms with Gasteiger partial charge < -0.3 is 14.4 Å². The summed E-state index contributed by atoms with van der Waals surface area (Å²) in [5.74, 6) is -0.633. The molecule has 1 atom stereocenters. The number of carbonyl (C=O) groups excluding carboxylic acids is 2. The zero-order valence-electron chi connectivity index (χ0n) is 16.1. The largest absolute Gasteiger partial charge is 0.507 e. The van der Waals surface area contributed by atoms with Crippen molar-refractivity contribution in [3.63, 3.8) is 0 Å². The van der Waals surface area contributed by atoms with Crippen LogP contribution in [0.4, 0.5) is 5.82 Å². The first-order valence-corrected chi connectivity index (χ1v) is 9.42. The van der Waals surface area contributed by atoms with E-state index in [1.54, 1.807) is 68.6 Å². The third-order valence-electron chi connectivity index (χ3n) is 4.86. The lowest BCUT2D eigenvalue weighted by Crippen LogP contribution is -2.29. The normalized spacial score (nSPS) is 18.1. The van der Waals surface area contributed by atoms with Crippen LogP contribution in [0.25, 0.3) is 5.76 Å². The first kappa shape index (κ1) is 19.7. The number of aliphatic hydroxyl groups excluding tert-OH is 1. The van der Waals surface area contributed by atoms with Crippen molar-refractivity contribution in [2.24, 2.45) is 0 Å². The molecule has 3 aromatic rings. The van der Waals surface area contributed by atoms with Crippen molar-refractivity contribution in [3.05, 3.63) is 82.1 Å². The van der Waals surface area contributed by atoms with Crippen molar-refractivity contribution in [2.75, 3.05) is 12.0 Å². The molecule has 8 heteroatoms. The van der Waals surface area contributed by atoms with Gasteiger partial charge in [-0.1, -0.05) is 28.9 Å². The quantitative estimate of drug-likeness (QED) is 0.382. The molecule has 152 valence electrons. The molecule has 0 spiro atoms. The molecule has 0 aliphatic carbocycles. The maximum atomic E-state index is 13.0. The van der Waals surface area contributed by atoms with Gasteiger partial charge in [-0.25, -0.2) is 0 Å². The van der Waals surface area contributed by atoms with Crippen molar-refractivity contribution in [3.8, 4) is 5.75 Å². The number of anilines is 1. The summed E-state index contributed by atoms with van der Waals surface area (Å²) < 4.78 is 10.3. The second kappa shape index (κ2) is 7.68. The molecular formula is C22H17ClN2O5. The molecule has 1 aromatic heterocycles. The molecule has 1 fully saturated rings. The number of ketones is 1. The summed E-state index contributed by atoms with van der Waals surface area (Å²) in [6.45, 7) is 1.68. The summed E-state index contributed by atoms with van der Waals surface area (Å²) in [6, 6.07) is 13.9. The molecule has 1 aliphatic rings. The number of aliphatic hydroxyl groups is 1. The van der Waals surface area contributed by atoms with E-state index in [1.807, 2.05) is 0 Å². The highest BCUT2D eigenvalue weighted by molar-refractivity contribution is 6.51. The molecule has 0 bridgehead atoms. The molecule has 2 aromatic carbocycles. The standard InChI is InChI=1S/C22H17ClN2O5/c1-12-11-17(24-30-12)25-19(13-5-9-16(29-2)10-6-13)18(21(27)22(25)28)20(26)14-3-7-15(23)8-4-14/h3-11,19,26H,1-2H3. The van der Waals surface area contributed by atoms with Gasteiger partial charge in [0.05, 0.1) is 18.7 Å². The third-order valence-corrected chi connectivity index (χ3v) is 5.11. The third kappa shape index (κ3) is 3.33. The summed E-state index contributed by atoms with van der Waals surface area (Å²) in [5.41, 5.74) is 0.923. The molecule has 1 aliphatic heterocycles. The molecule has 30 heavy (non-hydrogen) atoms. The van der Waals surface area contributed by atoms with E-state index in [0.717, 1.165) is 0 Å². The van der Waals surface area contributed by atoms with Gasteiger partial charge in [0.25, 0.3) is 5.78 Å². The van der Waals surface area contributed by atoms with Gasteiger partial charge in [-0.05, 0) is 48.9 Å². The molecule has 2 heterocycles. The Labute approximate surface area is 177 Å². The maximum absolute atomic E-state index is 13.0. The van der Waals surface area contributed by atoms with Gasteiger partial charge in [-0.2, -0.15) is 0 Å². The van der Waals surface area contributed by atoms with Crippen LogP contribution in [0.1, 0.15) is 22.9 Å². The highest BCUT2D eigenvalue weighted by Crippen LogP contribution is 2.42. The van der Waals surface area contributed by atoms with Gasteiger partial charge in [0.15, 0.2) is 5.82 Å². The van der Waals surface area contributed by atoms with Crippen molar-refractivity contribution in [1.29, 1.82) is 0 Å². The summed E-state index contributed by atoms with van der Waals surface area (Å²) in [5, 5.41) is 15.4. The van der Waals surface area contributed by atoms with Crippen molar-refractivity contribution in [1.82, 2.24) is 5.16 Å². The first-order chi connectivity index (χ1) is 14.4. The number of nitrogens with zero attached hydrogens (tertiary/aromatic N) is 2. The van der Waals surface area contributed by atoms with E-state index in [4.69, 9.17) is 20.9 Å². The molecule has 4 rings (SSSR count). The van der Waals surface area contributed by atoms with E-state index in [-0.39, 0.29) is 17.2 Å². The highest BCUT2D eigenvalue weighted by Gasteiger charge is 2.48. The SMILES string of the molecule is COc1ccc(C2C(=C(O)c3ccc(Cl)cc3)C(=O)C(=O)N2c2cc(C)on2)cc1. The second-order valence-electron chi connectivity index (χ2n) is 6.74. The van der Waals surface area contributed by atoms with Crippen molar-refractivity contribution in [2.45, 2.75) is 13.0 Å². The number of aromatic nitrogens is 1. The zero-order chi connectivity index (χ0) is 21.4. The van der Waals surface area contributed by atoms with Crippen LogP contribution in [0, 0.1) is 6.92 Å². The highest BCUT2D eigenvalue weighted by atomic mass is 35.5. The second-order valence-corrected chi connectivity index (χ2v) is 7.18. The van der Waals surface area contributed by atoms with E-state index in [0.29, 0.717) is 27.7 Å². The monoisotopic (exact) mass is 424 g/mol. The number of ether oxygens (including phenoxy) is 1. The minimum absolute atomic E-state index is 0.0480. The fraction of sp³-hybridized carbons (Fsp3) is 0.136. The average molecular weight is 425 g/mol. The fourth-order valence-electron chi connectivity index (χ4n) is 3.40. The van der Waals surface area contributed by atoms with Crippen LogP contribution in [0.2, 0.25) is 5.02 Å². The van der Waals surface area contributed by atoms with Gasteiger partial charge in [0.1, 0.15) is 17.3 Å². The van der Waals surface area contributed by atoms with Crippen LogP contribution in [-0.2, 0) is 9.59 Å². The molecular weight excluding hydrogens is 408 g/mol. The van der Waals surface area contributed by atoms with Crippen molar-refractivity contribution < 1.29 is 24.0 Å².